The zero-order chi connectivity index (χ0) is 19.1. The average molecular weight is 365 g/mol. The van der Waals surface area contributed by atoms with Crippen molar-refractivity contribution in [1.29, 1.82) is 0 Å². The van der Waals surface area contributed by atoms with Crippen LogP contribution < -0.4 is 10.3 Å². The number of benzene rings is 3. The lowest BCUT2D eigenvalue weighted by Crippen LogP contribution is -2.52. The molecule has 2 aliphatic heterocycles. The summed E-state index contributed by atoms with van der Waals surface area (Å²) in [5.74, 6) is -0.0980. The predicted octanol–water partition coefficient (Wildman–Crippen LogP) is 4.71. The van der Waals surface area contributed by atoms with Gasteiger partial charge in [0, 0.05) is 11.3 Å². The lowest BCUT2D eigenvalue weighted by atomic mass is 9.82. The normalized spacial score (nSPS) is 20.5. The van der Waals surface area contributed by atoms with Gasteiger partial charge in [-0.3, -0.25) is 4.79 Å². The number of hydrogen-bond acceptors (Lipinski definition) is 3. The molecule has 4 heteroatoms. The summed E-state index contributed by atoms with van der Waals surface area (Å²) >= 11 is 0. The van der Waals surface area contributed by atoms with Crippen LogP contribution in [-0.4, -0.2) is 17.2 Å². The molecule has 0 fully saturated rings. The van der Waals surface area contributed by atoms with Crippen LogP contribution in [0, 0.1) is 0 Å². The van der Waals surface area contributed by atoms with Crippen LogP contribution >= 0.6 is 0 Å². The van der Waals surface area contributed by atoms with Gasteiger partial charge in [0.05, 0.1) is 11.4 Å². The fourth-order valence-corrected chi connectivity index (χ4v) is 3.88. The van der Waals surface area contributed by atoms with Gasteiger partial charge < -0.3 is 5.32 Å². The minimum absolute atomic E-state index is 0.0980. The molecule has 0 aromatic heterocycles. The first-order valence-corrected chi connectivity index (χ1v) is 9.30. The Morgan fingerprint density at radius 3 is 2.25 bits per heavy atom. The summed E-state index contributed by atoms with van der Waals surface area (Å²) in [5.41, 5.74) is 4.63. The van der Waals surface area contributed by atoms with E-state index in [9.17, 15) is 4.79 Å². The number of hydrazone groups is 1. The predicted molar refractivity (Wildman–Crippen MR) is 113 cm³/mol. The second kappa shape index (κ2) is 6.20. The fraction of sp³-hybridized carbons (Fsp3) is 0.0833. The summed E-state index contributed by atoms with van der Waals surface area (Å²) in [7, 11) is 0. The number of amides is 1. The van der Waals surface area contributed by atoms with E-state index in [0.717, 1.165) is 33.8 Å². The molecule has 2 aliphatic rings. The molecular formula is C24H19N3O. The van der Waals surface area contributed by atoms with E-state index in [-0.39, 0.29) is 5.91 Å². The van der Waals surface area contributed by atoms with Crippen LogP contribution in [0.2, 0.25) is 0 Å². The minimum Gasteiger partial charge on any atom is -0.363 e. The smallest absolute Gasteiger partial charge is 0.283 e. The lowest BCUT2D eigenvalue weighted by Gasteiger charge is -2.34. The van der Waals surface area contributed by atoms with Gasteiger partial charge in [-0.2, -0.15) is 10.1 Å². The molecular weight excluding hydrogens is 346 g/mol. The highest BCUT2D eigenvalue weighted by Gasteiger charge is 2.50. The maximum Gasteiger partial charge on any atom is 0.283 e. The third kappa shape index (κ3) is 2.38. The summed E-state index contributed by atoms with van der Waals surface area (Å²) < 4.78 is 0. The first-order chi connectivity index (χ1) is 13.7. The van der Waals surface area contributed by atoms with Gasteiger partial charge >= 0.3 is 0 Å². The molecule has 2 heterocycles. The van der Waals surface area contributed by atoms with Crippen LogP contribution in [0.15, 0.2) is 96.1 Å². The van der Waals surface area contributed by atoms with E-state index in [2.05, 4.69) is 28.6 Å². The van der Waals surface area contributed by atoms with Crippen molar-refractivity contribution in [3.8, 4) is 0 Å². The molecule has 0 saturated heterocycles. The number of hydrogen-bond donors (Lipinski definition) is 1. The Balaban J connectivity index is 1.68. The summed E-state index contributed by atoms with van der Waals surface area (Å²) in [5, 5.41) is 9.58. The van der Waals surface area contributed by atoms with Crippen molar-refractivity contribution < 1.29 is 4.79 Å². The topological polar surface area (TPSA) is 44.7 Å². The average Bonchev–Trinajstić information content (AvgIpc) is 2.99. The van der Waals surface area contributed by atoms with Gasteiger partial charge in [-0.25, -0.2) is 0 Å². The Morgan fingerprint density at radius 1 is 0.857 bits per heavy atom. The largest absolute Gasteiger partial charge is 0.363 e. The number of carbonyl (C=O) groups excluding carboxylic acids is 1. The molecule has 5 rings (SSSR count). The number of nitrogens with zero attached hydrogens (tertiary/aromatic N) is 2. The van der Waals surface area contributed by atoms with Gasteiger partial charge in [-0.15, -0.1) is 0 Å². The molecule has 3 aromatic rings. The van der Waals surface area contributed by atoms with Crippen molar-refractivity contribution in [3.63, 3.8) is 0 Å². The zero-order valence-electron chi connectivity index (χ0n) is 15.5. The maximum absolute atomic E-state index is 13.6. The first kappa shape index (κ1) is 16.5. The van der Waals surface area contributed by atoms with E-state index < -0.39 is 5.54 Å². The fourth-order valence-electron chi connectivity index (χ4n) is 3.88. The molecule has 0 aliphatic carbocycles. The quantitative estimate of drug-likeness (QED) is 0.715. The number of carbonyl (C=O) groups is 1. The van der Waals surface area contributed by atoms with Gasteiger partial charge in [0.1, 0.15) is 0 Å². The summed E-state index contributed by atoms with van der Waals surface area (Å²) in [6, 6.07) is 27.8. The van der Waals surface area contributed by atoms with Gasteiger partial charge in [-0.05, 0) is 42.3 Å². The molecule has 3 aromatic carbocycles. The van der Waals surface area contributed by atoms with Crippen molar-refractivity contribution in [1.82, 2.24) is 0 Å². The number of nitrogens with one attached hydrogen (secondary N) is 1. The van der Waals surface area contributed by atoms with Gasteiger partial charge in [0.25, 0.3) is 5.91 Å². The van der Waals surface area contributed by atoms with Gasteiger partial charge in [-0.1, -0.05) is 66.7 Å². The second-order valence-electron chi connectivity index (χ2n) is 7.04. The summed E-state index contributed by atoms with van der Waals surface area (Å²) in [6.07, 6.45) is 2.02. The highest BCUT2D eigenvalue weighted by Crippen LogP contribution is 2.41. The van der Waals surface area contributed by atoms with Crippen LogP contribution in [-0.2, 0) is 4.79 Å². The Hall–Kier alpha value is -3.66. The molecule has 28 heavy (non-hydrogen) atoms. The van der Waals surface area contributed by atoms with Crippen LogP contribution in [0.3, 0.4) is 0 Å². The molecule has 1 unspecified atom stereocenters. The number of rotatable bonds is 2. The molecule has 4 nitrogen and oxygen atoms in total. The molecule has 0 saturated carbocycles. The lowest BCUT2D eigenvalue weighted by molar-refractivity contribution is -0.119. The van der Waals surface area contributed by atoms with Crippen LogP contribution in [0.5, 0.6) is 0 Å². The highest BCUT2D eigenvalue weighted by atomic mass is 16.2. The zero-order valence-corrected chi connectivity index (χ0v) is 15.5. The number of para-hydroxylation sites is 2. The SMILES string of the molecule is CC1=NN(c2ccccc2)C(=O)C12C=C(c1ccccc1)c1ccccc1N2. The van der Waals surface area contributed by atoms with Crippen molar-refractivity contribution >= 4 is 28.6 Å². The van der Waals surface area contributed by atoms with Crippen molar-refractivity contribution in [3.05, 3.63) is 102 Å². The Bertz CT molecular complexity index is 1120. The van der Waals surface area contributed by atoms with Gasteiger partial charge in [0.15, 0.2) is 5.54 Å². The van der Waals surface area contributed by atoms with Gasteiger partial charge in [0.2, 0.25) is 0 Å². The highest BCUT2D eigenvalue weighted by molar-refractivity contribution is 6.27. The van der Waals surface area contributed by atoms with E-state index in [1.807, 2.05) is 79.7 Å². The van der Waals surface area contributed by atoms with Crippen molar-refractivity contribution in [2.45, 2.75) is 12.5 Å². The Morgan fingerprint density at radius 2 is 1.50 bits per heavy atom. The van der Waals surface area contributed by atoms with Crippen LogP contribution in [0.4, 0.5) is 11.4 Å². The molecule has 1 N–H and O–H groups in total. The monoisotopic (exact) mass is 365 g/mol. The summed E-state index contributed by atoms with van der Waals surface area (Å²) in [6.45, 7) is 1.90. The molecule has 0 radical (unpaired) electrons. The Kier molecular flexibility index (Phi) is 3.66. The third-order valence-corrected chi connectivity index (χ3v) is 5.35. The van der Waals surface area contributed by atoms with E-state index in [1.165, 1.54) is 5.01 Å². The molecule has 1 atom stereocenters. The van der Waals surface area contributed by atoms with E-state index in [0.29, 0.717) is 0 Å². The van der Waals surface area contributed by atoms with E-state index >= 15 is 0 Å². The third-order valence-electron chi connectivity index (χ3n) is 5.35. The molecule has 1 spiro atoms. The number of fused-ring (bicyclic) bond motifs is 1. The molecule has 136 valence electrons. The van der Waals surface area contributed by atoms with E-state index in [1.54, 1.807) is 0 Å². The Labute approximate surface area is 163 Å². The number of anilines is 2. The maximum atomic E-state index is 13.6. The molecule has 1 amide bonds. The van der Waals surface area contributed by atoms with Crippen LogP contribution in [0.1, 0.15) is 18.1 Å². The van der Waals surface area contributed by atoms with Crippen molar-refractivity contribution in [2.24, 2.45) is 5.10 Å². The van der Waals surface area contributed by atoms with E-state index in [4.69, 9.17) is 0 Å². The summed E-state index contributed by atoms with van der Waals surface area (Å²) in [4.78, 5) is 13.6. The standard InChI is InChI=1S/C24H19N3O/c1-17-24(23(28)27(26-17)19-12-6-3-7-13-19)16-21(18-10-4-2-5-11-18)20-14-8-9-15-22(20)25-24/h2-16,25H,1H3. The van der Waals surface area contributed by atoms with Crippen LogP contribution in [0.25, 0.3) is 5.57 Å². The first-order valence-electron chi connectivity index (χ1n) is 9.30. The van der Waals surface area contributed by atoms with Crippen molar-refractivity contribution in [2.75, 3.05) is 10.3 Å². The minimum atomic E-state index is -0.991. The second-order valence-corrected chi connectivity index (χ2v) is 7.04. The molecule has 0 bridgehead atoms.